The van der Waals surface area contributed by atoms with E-state index in [-0.39, 0.29) is 25.9 Å². The van der Waals surface area contributed by atoms with Gasteiger partial charge in [-0.25, -0.2) is 0 Å². The smallest absolute Gasteiger partial charge is 0.186 e. The fraction of sp³-hybridized carbons (Fsp3) is 0.442. The van der Waals surface area contributed by atoms with Crippen molar-refractivity contribution < 1.29 is 37.9 Å². The average molecular weight is 738 g/mol. The molecule has 0 radical (unpaired) electrons. The standard InChI is InChI=1S/C43H51N3O8/c1-4-36-38(54-43(2,3)53-36)35(45-46-44)29-51-42-41(50-28-34-23-15-8-16-24-34)40(49-27-33-21-13-7-14-22-33)39(48-26-32-19-11-6-12-20-32)37(52-42)30-47-25-31-17-9-5-10-18-31/h5-24,35-42H,4,25-30H2,1-3H3/t35-,36-,37?,38+,39?,40?,41?,42?/m1/s1. The number of hydrogen-bond donors (Lipinski definition) is 0. The number of nitrogens with zero attached hydrogens (tertiary/aromatic N) is 3. The normalized spacial score (nSPS) is 25.5. The van der Waals surface area contributed by atoms with Gasteiger partial charge in [-0.1, -0.05) is 133 Å². The number of azide groups is 1. The summed E-state index contributed by atoms with van der Waals surface area (Å²) in [6.07, 6.45) is -3.74. The molecule has 2 saturated heterocycles. The van der Waals surface area contributed by atoms with Gasteiger partial charge in [0.25, 0.3) is 0 Å². The predicted octanol–water partition coefficient (Wildman–Crippen LogP) is 8.31. The van der Waals surface area contributed by atoms with Gasteiger partial charge >= 0.3 is 0 Å². The van der Waals surface area contributed by atoms with Crippen LogP contribution in [0.5, 0.6) is 0 Å². The minimum atomic E-state index is -0.955. The van der Waals surface area contributed by atoms with E-state index in [0.29, 0.717) is 26.2 Å². The van der Waals surface area contributed by atoms with Gasteiger partial charge in [-0.15, -0.1) is 0 Å². The summed E-state index contributed by atoms with van der Waals surface area (Å²) in [5.74, 6) is -0.835. The minimum absolute atomic E-state index is 0.0148. The third-order valence-electron chi connectivity index (χ3n) is 9.48. The predicted molar refractivity (Wildman–Crippen MR) is 203 cm³/mol. The van der Waals surface area contributed by atoms with Crippen LogP contribution in [-0.2, 0) is 64.3 Å². The summed E-state index contributed by atoms with van der Waals surface area (Å²) in [6, 6.07) is 39.2. The van der Waals surface area contributed by atoms with Crippen LogP contribution >= 0.6 is 0 Å². The topological polar surface area (TPSA) is 123 Å². The molecule has 0 saturated carbocycles. The Morgan fingerprint density at radius 3 is 1.61 bits per heavy atom. The molecule has 4 aromatic carbocycles. The summed E-state index contributed by atoms with van der Waals surface area (Å²) in [5.41, 5.74) is 13.6. The molecule has 54 heavy (non-hydrogen) atoms. The van der Waals surface area contributed by atoms with E-state index in [2.05, 4.69) is 10.0 Å². The fourth-order valence-electron chi connectivity index (χ4n) is 6.84. The minimum Gasteiger partial charge on any atom is -0.374 e. The van der Waals surface area contributed by atoms with E-state index in [1.54, 1.807) is 0 Å². The highest BCUT2D eigenvalue weighted by molar-refractivity contribution is 5.16. The zero-order chi connectivity index (χ0) is 37.6. The quantitative estimate of drug-likeness (QED) is 0.0535. The van der Waals surface area contributed by atoms with E-state index < -0.39 is 48.6 Å². The van der Waals surface area contributed by atoms with Crippen LogP contribution < -0.4 is 0 Å². The average Bonchev–Trinajstić information content (AvgIpc) is 3.53. The molecule has 11 nitrogen and oxygen atoms in total. The van der Waals surface area contributed by atoms with Crippen molar-refractivity contribution in [3.63, 3.8) is 0 Å². The summed E-state index contributed by atoms with van der Waals surface area (Å²) < 4.78 is 52.4. The van der Waals surface area contributed by atoms with Crippen molar-refractivity contribution in [2.24, 2.45) is 5.11 Å². The lowest BCUT2D eigenvalue weighted by atomic mass is 9.97. The number of benzene rings is 4. The third kappa shape index (κ3) is 11.2. The van der Waals surface area contributed by atoms with Crippen LogP contribution in [0, 0.1) is 0 Å². The Labute approximate surface area is 318 Å². The van der Waals surface area contributed by atoms with Gasteiger partial charge in [0, 0.05) is 4.91 Å². The van der Waals surface area contributed by atoms with Crippen molar-refractivity contribution in [1.82, 2.24) is 0 Å². The van der Waals surface area contributed by atoms with Crippen LogP contribution in [0.2, 0.25) is 0 Å². The van der Waals surface area contributed by atoms with Gasteiger partial charge in [-0.2, -0.15) is 0 Å². The summed E-state index contributed by atoms with van der Waals surface area (Å²) >= 11 is 0. The fourth-order valence-corrected chi connectivity index (χ4v) is 6.84. The van der Waals surface area contributed by atoms with Crippen molar-refractivity contribution in [2.45, 2.75) is 108 Å². The summed E-state index contributed by atoms with van der Waals surface area (Å²) in [6.45, 7) is 7.16. The zero-order valence-electron chi connectivity index (χ0n) is 31.2. The maximum atomic E-state index is 9.62. The lowest BCUT2D eigenvalue weighted by molar-refractivity contribution is -0.329. The number of rotatable bonds is 19. The Balaban J connectivity index is 1.31. The molecule has 286 valence electrons. The summed E-state index contributed by atoms with van der Waals surface area (Å²) in [5, 5.41) is 4.12. The second kappa shape index (κ2) is 20.0. The van der Waals surface area contributed by atoms with E-state index >= 15 is 0 Å². The zero-order valence-corrected chi connectivity index (χ0v) is 31.2. The Morgan fingerprint density at radius 1 is 0.630 bits per heavy atom. The van der Waals surface area contributed by atoms with Crippen molar-refractivity contribution in [2.75, 3.05) is 13.2 Å². The van der Waals surface area contributed by atoms with Crippen LogP contribution in [-0.4, -0.2) is 68.0 Å². The van der Waals surface area contributed by atoms with Gasteiger partial charge in [-0.3, -0.25) is 0 Å². The van der Waals surface area contributed by atoms with E-state index in [9.17, 15) is 5.53 Å². The molecule has 2 heterocycles. The Bertz CT molecular complexity index is 1710. The molecule has 0 aromatic heterocycles. The second-order valence-corrected chi connectivity index (χ2v) is 14.0. The molecule has 0 N–H and O–H groups in total. The van der Waals surface area contributed by atoms with Crippen molar-refractivity contribution in [1.29, 1.82) is 0 Å². The highest BCUT2D eigenvalue weighted by Crippen LogP contribution is 2.35. The van der Waals surface area contributed by atoms with Crippen molar-refractivity contribution in [3.8, 4) is 0 Å². The molecule has 6 rings (SSSR count). The SMILES string of the molecule is CC[C@H]1OC(C)(C)O[C@H]1[C@@H](COC1OC(COCc2ccccc2)C(OCc2ccccc2)C(OCc2ccccc2)C1OCc1ccccc1)N=[N+]=[N-]. The van der Waals surface area contributed by atoms with Crippen LogP contribution in [0.4, 0.5) is 0 Å². The third-order valence-corrected chi connectivity index (χ3v) is 9.48. The first-order valence-electron chi connectivity index (χ1n) is 18.7. The van der Waals surface area contributed by atoms with Gasteiger partial charge in [0.05, 0.1) is 57.9 Å². The molecule has 11 heteroatoms. The van der Waals surface area contributed by atoms with Crippen LogP contribution in [0.25, 0.3) is 10.4 Å². The van der Waals surface area contributed by atoms with Crippen LogP contribution in [0.1, 0.15) is 49.4 Å². The Kier molecular flexibility index (Phi) is 14.6. The lowest BCUT2D eigenvalue weighted by Gasteiger charge is -2.46. The number of hydrogen-bond acceptors (Lipinski definition) is 9. The molecule has 0 spiro atoms. The molecular weight excluding hydrogens is 686 g/mol. The van der Waals surface area contributed by atoms with E-state index in [4.69, 9.17) is 37.9 Å². The number of ether oxygens (including phenoxy) is 8. The summed E-state index contributed by atoms with van der Waals surface area (Å²) in [7, 11) is 0. The first-order chi connectivity index (χ1) is 26.4. The molecule has 2 aliphatic rings. The van der Waals surface area contributed by atoms with Gasteiger partial charge in [0.2, 0.25) is 0 Å². The van der Waals surface area contributed by atoms with Gasteiger partial charge < -0.3 is 37.9 Å². The van der Waals surface area contributed by atoms with E-state index in [1.807, 2.05) is 142 Å². The molecule has 2 aliphatic heterocycles. The van der Waals surface area contributed by atoms with E-state index in [0.717, 1.165) is 22.3 Å². The maximum Gasteiger partial charge on any atom is 0.186 e. The largest absolute Gasteiger partial charge is 0.374 e. The maximum absolute atomic E-state index is 9.62. The van der Waals surface area contributed by atoms with Crippen LogP contribution in [0.15, 0.2) is 126 Å². The van der Waals surface area contributed by atoms with Gasteiger partial charge in [-0.05, 0) is 48.1 Å². The Morgan fingerprint density at radius 2 is 1.11 bits per heavy atom. The monoisotopic (exact) mass is 737 g/mol. The highest BCUT2D eigenvalue weighted by atomic mass is 16.8. The Hall–Kier alpha value is -4.13. The lowest BCUT2D eigenvalue weighted by Crippen LogP contribution is -2.62. The summed E-state index contributed by atoms with van der Waals surface area (Å²) in [4.78, 5) is 3.16. The first-order valence-corrected chi connectivity index (χ1v) is 18.7. The molecule has 0 bridgehead atoms. The molecule has 8 atom stereocenters. The van der Waals surface area contributed by atoms with Gasteiger partial charge in [0.15, 0.2) is 12.1 Å². The molecule has 0 aliphatic carbocycles. The first kappa shape index (κ1) is 39.6. The van der Waals surface area contributed by atoms with E-state index in [1.165, 1.54) is 0 Å². The molecule has 4 aromatic rings. The van der Waals surface area contributed by atoms with Gasteiger partial charge in [0.1, 0.15) is 24.4 Å². The van der Waals surface area contributed by atoms with Crippen molar-refractivity contribution in [3.05, 3.63) is 154 Å². The molecule has 2 fully saturated rings. The van der Waals surface area contributed by atoms with Crippen molar-refractivity contribution >= 4 is 0 Å². The molecule has 0 amide bonds. The molecular formula is C43H51N3O8. The molecule has 5 unspecified atom stereocenters. The van der Waals surface area contributed by atoms with Crippen LogP contribution in [0.3, 0.4) is 0 Å². The highest BCUT2D eigenvalue weighted by Gasteiger charge is 2.50. The second-order valence-electron chi connectivity index (χ2n) is 14.0.